The lowest BCUT2D eigenvalue weighted by Crippen LogP contribution is -2.33. The van der Waals surface area contributed by atoms with E-state index in [1.165, 1.54) is 0 Å². The van der Waals surface area contributed by atoms with Crippen molar-refractivity contribution in [3.63, 3.8) is 0 Å². The molecule has 0 atom stereocenters. The second-order valence-corrected chi connectivity index (χ2v) is 9.02. The van der Waals surface area contributed by atoms with Crippen LogP contribution in [0.15, 0.2) is 79.4 Å². The van der Waals surface area contributed by atoms with Gasteiger partial charge in [-0.05, 0) is 48.6 Å². The van der Waals surface area contributed by atoms with Crippen molar-refractivity contribution in [1.29, 1.82) is 0 Å². The first-order valence-corrected chi connectivity index (χ1v) is 11.6. The molecule has 0 spiro atoms. The monoisotopic (exact) mass is 447 g/mol. The summed E-state index contributed by atoms with van der Waals surface area (Å²) in [5.41, 5.74) is 7.84. The second-order valence-electron chi connectivity index (χ2n) is 9.02. The summed E-state index contributed by atoms with van der Waals surface area (Å²) < 4.78 is 0. The molecule has 1 aliphatic rings. The topological polar surface area (TPSA) is 77.7 Å². The summed E-state index contributed by atoms with van der Waals surface area (Å²) in [5.74, 6) is 0.0314. The molecule has 6 rings (SSSR count). The van der Waals surface area contributed by atoms with Crippen LogP contribution in [0, 0.1) is 6.92 Å². The van der Waals surface area contributed by atoms with Crippen LogP contribution in [-0.2, 0) is 6.54 Å². The number of hydrogen-bond acceptors (Lipinski definition) is 3. The molecule has 0 unspecified atom stereocenters. The van der Waals surface area contributed by atoms with E-state index in [0.717, 1.165) is 57.1 Å². The third-order valence-electron chi connectivity index (χ3n) is 6.47. The van der Waals surface area contributed by atoms with Crippen molar-refractivity contribution in [3.8, 4) is 22.3 Å². The van der Waals surface area contributed by atoms with Gasteiger partial charge in [-0.2, -0.15) is 5.10 Å². The highest BCUT2D eigenvalue weighted by Gasteiger charge is 2.35. The minimum atomic E-state index is 0.0314. The van der Waals surface area contributed by atoms with Gasteiger partial charge in [0.2, 0.25) is 0 Å². The molecule has 6 heteroatoms. The summed E-state index contributed by atoms with van der Waals surface area (Å²) in [6, 6.07) is 18.9. The number of benzene rings is 2. The van der Waals surface area contributed by atoms with Crippen molar-refractivity contribution in [2.45, 2.75) is 32.4 Å². The standard InChI is InChI=1S/C28H25N5O/c1-18-4-2-6-21(12-18)26-24-10-7-20(22-15-30-31-16-22)13-25(24)32-27(26)28(34)33(23-8-9-23)17-19-5-3-11-29-14-19/h2-7,10-16,23,32H,8-9,17H2,1H3,(H,30,31). The number of aromatic amines is 2. The van der Waals surface area contributed by atoms with Crippen LogP contribution in [-0.4, -0.2) is 37.0 Å². The molecule has 0 bridgehead atoms. The van der Waals surface area contributed by atoms with Crippen LogP contribution in [0.5, 0.6) is 0 Å². The Labute approximate surface area is 197 Å². The SMILES string of the molecule is Cc1cccc(-c2c(C(=O)N(Cc3cccnc3)C3CC3)[nH]c3cc(-c4cn[nH]c4)ccc23)c1. The van der Waals surface area contributed by atoms with Crippen LogP contribution in [0.1, 0.15) is 34.5 Å². The summed E-state index contributed by atoms with van der Waals surface area (Å²) >= 11 is 0. The van der Waals surface area contributed by atoms with E-state index in [2.05, 4.69) is 63.5 Å². The van der Waals surface area contributed by atoms with Crippen LogP contribution >= 0.6 is 0 Å². The highest BCUT2D eigenvalue weighted by molar-refractivity contribution is 6.10. The number of nitrogens with one attached hydrogen (secondary N) is 2. The van der Waals surface area contributed by atoms with Crippen LogP contribution in [0.25, 0.3) is 33.2 Å². The van der Waals surface area contributed by atoms with Crippen LogP contribution in [0.4, 0.5) is 0 Å². The zero-order chi connectivity index (χ0) is 23.1. The van der Waals surface area contributed by atoms with Crippen molar-refractivity contribution in [3.05, 3.63) is 96.2 Å². The molecule has 0 aliphatic heterocycles. The molecule has 168 valence electrons. The lowest BCUT2D eigenvalue weighted by molar-refractivity contribution is 0.0725. The van der Waals surface area contributed by atoms with Crippen LogP contribution in [0.3, 0.4) is 0 Å². The predicted octanol–water partition coefficient (Wildman–Crippen LogP) is 5.73. The lowest BCUT2D eigenvalue weighted by atomic mass is 9.98. The number of carbonyl (C=O) groups is 1. The molecule has 1 saturated carbocycles. The van der Waals surface area contributed by atoms with E-state index >= 15 is 0 Å². The van der Waals surface area contributed by atoms with Gasteiger partial charge in [-0.25, -0.2) is 0 Å². The van der Waals surface area contributed by atoms with Crippen molar-refractivity contribution >= 4 is 16.8 Å². The van der Waals surface area contributed by atoms with E-state index < -0.39 is 0 Å². The molecular weight excluding hydrogens is 422 g/mol. The molecule has 1 fully saturated rings. The van der Waals surface area contributed by atoms with Gasteiger partial charge in [0.15, 0.2) is 0 Å². The summed E-state index contributed by atoms with van der Waals surface area (Å²) in [5, 5.41) is 7.99. The Morgan fingerprint density at radius 2 is 1.94 bits per heavy atom. The fourth-order valence-corrected chi connectivity index (χ4v) is 4.63. The van der Waals surface area contributed by atoms with Gasteiger partial charge >= 0.3 is 0 Å². The van der Waals surface area contributed by atoms with Gasteiger partial charge in [-0.3, -0.25) is 14.9 Å². The number of carbonyl (C=O) groups excluding carboxylic acids is 1. The summed E-state index contributed by atoms with van der Waals surface area (Å²) in [4.78, 5) is 23.8. The Morgan fingerprint density at radius 1 is 1.03 bits per heavy atom. The molecule has 2 N–H and O–H groups in total. The second kappa shape index (κ2) is 8.30. The van der Waals surface area contributed by atoms with E-state index in [1.54, 1.807) is 12.4 Å². The molecule has 3 aromatic heterocycles. The molecule has 2 aromatic carbocycles. The number of aryl methyl sites for hydroxylation is 1. The van der Waals surface area contributed by atoms with Crippen molar-refractivity contribution in [2.24, 2.45) is 0 Å². The van der Waals surface area contributed by atoms with E-state index in [1.807, 2.05) is 35.5 Å². The molecule has 0 saturated heterocycles. The van der Waals surface area contributed by atoms with Gasteiger partial charge in [0.1, 0.15) is 5.69 Å². The Morgan fingerprint density at radius 3 is 2.68 bits per heavy atom. The quantitative estimate of drug-likeness (QED) is 0.349. The Hall–Kier alpha value is -4.19. The average molecular weight is 448 g/mol. The van der Waals surface area contributed by atoms with Gasteiger partial charge in [0.05, 0.1) is 6.20 Å². The largest absolute Gasteiger partial charge is 0.350 e. The molecular formula is C28H25N5O. The highest BCUT2D eigenvalue weighted by atomic mass is 16.2. The summed E-state index contributed by atoms with van der Waals surface area (Å²) in [6.45, 7) is 2.63. The van der Waals surface area contributed by atoms with Crippen molar-refractivity contribution in [1.82, 2.24) is 25.1 Å². The lowest BCUT2D eigenvalue weighted by Gasteiger charge is -2.22. The van der Waals surface area contributed by atoms with Gasteiger partial charge in [-0.15, -0.1) is 0 Å². The number of aromatic nitrogens is 4. The fourth-order valence-electron chi connectivity index (χ4n) is 4.63. The minimum absolute atomic E-state index is 0.0314. The van der Waals surface area contributed by atoms with E-state index in [9.17, 15) is 4.79 Å². The maximum Gasteiger partial charge on any atom is 0.271 e. The molecule has 34 heavy (non-hydrogen) atoms. The number of nitrogens with zero attached hydrogens (tertiary/aromatic N) is 3. The van der Waals surface area contributed by atoms with Crippen LogP contribution in [0.2, 0.25) is 0 Å². The number of rotatable bonds is 6. The number of hydrogen-bond donors (Lipinski definition) is 2. The van der Waals surface area contributed by atoms with E-state index in [-0.39, 0.29) is 11.9 Å². The van der Waals surface area contributed by atoms with Gasteiger partial charge in [-0.1, -0.05) is 48.0 Å². The van der Waals surface area contributed by atoms with E-state index in [4.69, 9.17) is 0 Å². The Balaban J connectivity index is 1.49. The first-order valence-electron chi connectivity index (χ1n) is 11.6. The normalized spacial score (nSPS) is 13.3. The first kappa shape index (κ1) is 20.4. The zero-order valence-corrected chi connectivity index (χ0v) is 19.0. The maximum atomic E-state index is 14.1. The molecule has 3 heterocycles. The van der Waals surface area contributed by atoms with E-state index in [0.29, 0.717) is 12.2 Å². The molecule has 6 nitrogen and oxygen atoms in total. The number of amides is 1. The number of pyridine rings is 1. The van der Waals surface area contributed by atoms with Gasteiger partial charge in [0, 0.05) is 53.2 Å². The van der Waals surface area contributed by atoms with Crippen molar-refractivity contribution < 1.29 is 4.79 Å². The zero-order valence-electron chi connectivity index (χ0n) is 19.0. The van der Waals surface area contributed by atoms with Gasteiger partial charge in [0.25, 0.3) is 5.91 Å². The highest BCUT2D eigenvalue weighted by Crippen LogP contribution is 2.37. The molecule has 1 aliphatic carbocycles. The number of fused-ring (bicyclic) bond motifs is 1. The smallest absolute Gasteiger partial charge is 0.271 e. The Bertz CT molecular complexity index is 1470. The molecule has 5 aromatic rings. The third kappa shape index (κ3) is 3.77. The predicted molar refractivity (Wildman–Crippen MR) is 133 cm³/mol. The number of H-pyrrole nitrogens is 2. The van der Waals surface area contributed by atoms with Gasteiger partial charge < -0.3 is 9.88 Å². The minimum Gasteiger partial charge on any atom is -0.350 e. The average Bonchev–Trinajstić information content (AvgIpc) is 3.40. The summed E-state index contributed by atoms with van der Waals surface area (Å²) in [7, 11) is 0. The molecule has 0 radical (unpaired) electrons. The maximum absolute atomic E-state index is 14.1. The third-order valence-corrected chi connectivity index (χ3v) is 6.47. The first-order chi connectivity index (χ1) is 16.7. The van der Waals surface area contributed by atoms with Crippen LogP contribution < -0.4 is 0 Å². The molecule has 1 amide bonds. The fraction of sp³-hybridized carbons (Fsp3) is 0.179. The Kier molecular flexibility index (Phi) is 4.99. The summed E-state index contributed by atoms with van der Waals surface area (Å²) in [6.07, 6.45) is 9.36. The van der Waals surface area contributed by atoms with Crippen molar-refractivity contribution in [2.75, 3.05) is 0 Å².